The maximum atomic E-state index is 12.5. The number of carboxylic acid groups (broad SMARTS) is 1. The van der Waals surface area contributed by atoms with Crippen LogP contribution in [0.15, 0.2) is 42.7 Å². The molecule has 11 heteroatoms. The highest BCUT2D eigenvalue weighted by atomic mass is 32.2. The molecule has 2 aliphatic rings. The number of aryl methyl sites for hydroxylation is 1. The van der Waals surface area contributed by atoms with E-state index in [9.17, 15) is 18.0 Å². The Morgan fingerprint density at radius 3 is 2.55 bits per heavy atom. The van der Waals surface area contributed by atoms with Crippen molar-refractivity contribution in [2.75, 3.05) is 18.8 Å². The highest BCUT2D eigenvalue weighted by Gasteiger charge is 2.51. The Balaban J connectivity index is 0.000000339. The fourth-order valence-corrected chi connectivity index (χ4v) is 5.01. The summed E-state index contributed by atoms with van der Waals surface area (Å²) in [5, 5.41) is 7.12. The molecule has 0 saturated carbocycles. The van der Waals surface area contributed by atoms with E-state index < -0.39 is 12.1 Å². The number of ether oxygens (including phenoxy) is 1. The molecule has 1 spiro atoms. The molecule has 168 valence electrons. The standard InChI is InChI=1S/C18H21N3O2S.C2HF3O2/c1-20-8-4-6-16(20)17(22)21-12-18(13-21)9-15(11-24-18)23-10-14-5-2-3-7-19-14;3-2(4,5)1(6)7/h2-8,15H,9-13H2,1H3;(H,6,7). The maximum Gasteiger partial charge on any atom is 0.490 e. The van der Waals surface area contributed by atoms with Gasteiger partial charge in [-0.05, 0) is 30.7 Å². The second kappa shape index (κ2) is 9.31. The van der Waals surface area contributed by atoms with Crippen molar-refractivity contribution in [2.24, 2.45) is 7.05 Å². The lowest BCUT2D eigenvalue weighted by molar-refractivity contribution is -0.192. The molecule has 2 aromatic heterocycles. The van der Waals surface area contributed by atoms with Gasteiger partial charge in [0.15, 0.2) is 0 Å². The summed E-state index contributed by atoms with van der Waals surface area (Å²) in [5.41, 5.74) is 1.73. The fraction of sp³-hybridized carbons (Fsp3) is 0.450. The average molecular weight is 457 g/mol. The summed E-state index contributed by atoms with van der Waals surface area (Å²) in [6.45, 7) is 2.21. The van der Waals surface area contributed by atoms with Crippen LogP contribution in [0, 0.1) is 0 Å². The van der Waals surface area contributed by atoms with Crippen molar-refractivity contribution in [1.29, 1.82) is 0 Å². The molecule has 0 bridgehead atoms. The topological polar surface area (TPSA) is 84.7 Å². The van der Waals surface area contributed by atoms with Crippen molar-refractivity contribution in [3.8, 4) is 0 Å². The third-order valence-corrected chi connectivity index (χ3v) is 6.59. The van der Waals surface area contributed by atoms with Crippen LogP contribution >= 0.6 is 11.8 Å². The number of carbonyl (C=O) groups excluding carboxylic acids is 1. The van der Waals surface area contributed by atoms with Crippen molar-refractivity contribution in [1.82, 2.24) is 14.5 Å². The minimum absolute atomic E-state index is 0.131. The van der Waals surface area contributed by atoms with Gasteiger partial charge in [-0.1, -0.05) is 6.07 Å². The van der Waals surface area contributed by atoms with E-state index in [1.807, 2.05) is 64.8 Å². The number of halogens is 3. The smallest absolute Gasteiger partial charge is 0.475 e. The number of aliphatic carboxylic acids is 1. The number of hydrogen-bond acceptors (Lipinski definition) is 5. The molecule has 1 N–H and O–H groups in total. The number of pyridine rings is 1. The van der Waals surface area contributed by atoms with Gasteiger partial charge in [0.25, 0.3) is 5.91 Å². The fourth-order valence-electron chi connectivity index (χ4n) is 3.45. The summed E-state index contributed by atoms with van der Waals surface area (Å²) in [6, 6.07) is 9.68. The molecule has 2 fully saturated rings. The van der Waals surface area contributed by atoms with Crippen molar-refractivity contribution >= 4 is 23.6 Å². The first-order valence-electron chi connectivity index (χ1n) is 9.46. The van der Waals surface area contributed by atoms with E-state index in [2.05, 4.69) is 4.98 Å². The zero-order valence-electron chi connectivity index (χ0n) is 16.7. The first kappa shape index (κ1) is 23.1. The van der Waals surface area contributed by atoms with Gasteiger partial charge in [-0.3, -0.25) is 9.78 Å². The highest BCUT2D eigenvalue weighted by Crippen LogP contribution is 2.46. The predicted octanol–water partition coefficient (Wildman–Crippen LogP) is 2.97. The summed E-state index contributed by atoms with van der Waals surface area (Å²) >= 11 is 1.95. The lowest BCUT2D eigenvalue weighted by Crippen LogP contribution is -2.61. The minimum atomic E-state index is -5.08. The van der Waals surface area contributed by atoms with Crippen LogP contribution in [0.3, 0.4) is 0 Å². The second-order valence-corrected chi connectivity index (χ2v) is 8.91. The highest BCUT2D eigenvalue weighted by molar-refractivity contribution is 8.01. The Morgan fingerprint density at radius 1 is 1.29 bits per heavy atom. The SMILES string of the molecule is Cn1cccc1C(=O)N1CC2(CC(OCc3ccccn3)CS2)C1.O=C(O)C(F)(F)F. The van der Waals surface area contributed by atoms with Crippen LogP contribution < -0.4 is 0 Å². The number of alkyl halides is 3. The Bertz CT molecular complexity index is 914. The van der Waals surface area contributed by atoms with Gasteiger partial charge in [-0.25, -0.2) is 4.79 Å². The number of carbonyl (C=O) groups is 2. The monoisotopic (exact) mass is 457 g/mol. The number of rotatable bonds is 4. The van der Waals surface area contributed by atoms with E-state index in [4.69, 9.17) is 14.6 Å². The molecule has 2 aromatic rings. The first-order valence-corrected chi connectivity index (χ1v) is 10.4. The molecule has 2 saturated heterocycles. The molecule has 7 nitrogen and oxygen atoms in total. The normalized spacial score (nSPS) is 19.5. The number of aromatic nitrogens is 2. The minimum Gasteiger partial charge on any atom is -0.475 e. The van der Waals surface area contributed by atoms with Gasteiger partial charge in [-0.2, -0.15) is 13.2 Å². The van der Waals surface area contributed by atoms with E-state index in [1.54, 1.807) is 6.20 Å². The van der Waals surface area contributed by atoms with Crippen LogP contribution in [0.1, 0.15) is 22.6 Å². The molecule has 4 heterocycles. The van der Waals surface area contributed by atoms with Gasteiger partial charge in [0.05, 0.1) is 23.2 Å². The van der Waals surface area contributed by atoms with Crippen molar-refractivity contribution < 1.29 is 32.6 Å². The van der Waals surface area contributed by atoms with E-state index in [1.165, 1.54) is 0 Å². The maximum absolute atomic E-state index is 12.5. The molecular weight excluding hydrogens is 435 g/mol. The number of amides is 1. The third kappa shape index (κ3) is 5.79. The Morgan fingerprint density at radius 2 is 2.00 bits per heavy atom. The Kier molecular flexibility index (Phi) is 6.95. The number of carboxylic acids is 1. The van der Waals surface area contributed by atoms with Gasteiger partial charge in [-0.15, -0.1) is 11.8 Å². The molecular formula is C20H22F3N3O4S. The predicted molar refractivity (Wildman–Crippen MR) is 108 cm³/mol. The van der Waals surface area contributed by atoms with E-state index in [-0.39, 0.29) is 16.8 Å². The molecule has 1 atom stereocenters. The summed E-state index contributed by atoms with van der Waals surface area (Å²) in [6.07, 6.45) is -0.109. The zero-order valence-corrected chi connectivity index (χ0v) is 17.5. The van der Waals surface area contributed by atoms with Gasteiger partial charge in [0.2, 0.25) is 0 Å². The number of nitrogens with zero attached hydrogens (tertiary/aromatic N) is 3. The zero-order chi connectivity index (χ0) is 22.6. The second-order valence-electron chi connectivity index (χ2n) is 7.42. The van der Waals surface area contributed by atoms with Crippen LogP contribution in [-0.4, -0.2) is 67.3 Å². The van der Waals surface area contributed by atoms with E-state index in [0.717, 1.165) is 36.7 Å². The lowest BCUT2D eigenvalue weighted by atomic mass is 9.92. The molecule has 0 aliphatic carbocycles. The van der Waals surface area contributed by atoms with E-state index >= 15 is 0 Å². The van der Waals surface area contributed by atoms with Gasteiger partial charge >= 0.3 is 12.1 Å². The lowest BCUT2D eigenvalue weighted by Gasteiger charge is -2.47. The number of likely N-dealkylation sites (tertiary alicyclic amines) is 1. The van der Waals surface area contributed by atoms with E-state index in [0.29, 0.717) is 6.61 Å². The summed E-state index contributed by atoms with van der Waals surface area (Å²) in [5.74, 6) is -1.63. The third-order valence-electron chi connectivity index (χ3n) is 5.02. The van der Waals surface area contributed by atoms with Crippen molar-refractivity contribution in [3.63, 3.8) is 0 Å². The first-order chi connectivity index (χ1) is 14.6. The molecule has 0 aromatic carbocycles. The van der Waals surface area contributed by atoms with Crippen molar-refractivity contribution in [2.45, 2.75) is 30.1 Å². The number of thioether (sulfide) groups is 1. The van der Waals surface area contributed by atoms with Gasteiger partial charge in [0.1, 0.15) is 5.69 Å². The van der Waals surface area contributed by atoms with Crippen LogP contribution in [0.5, 0.6) is 0 Å². The Labute approximate surface area is 181 Å². The molecule has 31 heavy (non-hydrogen) atoms. The molecule has 0 radical (unpaired) electrons. The summed E-state index contributed by atoms with van der Waals surface area (Å²) < 4.78 is 39.8. The quantitative estimate of drug-likeness (QED) is 0.760. The van der Waals surface area contributed by atoms with Crippen LogP contribution in [0.25, 0.3) is 0 Å². The van der Waals surface area contributed by atoms with Gasteiger partial charge < -0.3 is 19.3 Å². The number of hydrogen-bond donors (Lipinski definition) is 1. The van der Waals surface area contributed by atoms with Crippen molar-refractivity contribution in [3.05, 3.63) is 54.1 Å². The largest absolute Gasteiger partial charge is 0.490 e. The molecule has 1 unspecified atom stereocenters. The molecule has 4 rings (SSSR count). The average Bonchev–Trinajstić information content (AvgIpc) is 3.32. The van der Waals surface area contributed by atoms with Crippen LogP contribution in [-0.2, 0) is 23.2 Å². The van der Waals surface area contributed by atoms with Crippen LogP contribution in [0.2, 0.25) is 0 Å². The van der Waals surface area contributed by atoms with Crippen LogP contribution in [0.4, 0.5) is 13.2 Å². The molecule has 1 amide bonds. The summed E-state index contributed by atoms with van der Waals surface area (Å²) in [7, 11) is 1.91. The Hall–Kier alpha value is -2.53. The van der Waals surface area contributed by atoms with Gasteiger partial charge in [0, 0.05) is 38.3 Å². The molecule has 2 aliphatic heterocycles. The summed E-state index contributed by atoms with van der Waals surface area (Å²) in [4.78, 5) is 27.6.